The zero-order valence-electron chi connectivity index (χ0n) is 18.3. The predicted octanol–water partition coefficient (Wildman–Crippen LogP) is 4.00. The van der Waals surface area contributed by atoms with Crippen LogP contribution in [0.15, 0.2) is 41.4 Å². The Morgan fingerprint density at radius 3 is 2.48 bits per heavy atom. The topological polar surface area (TPSA) is 42.9 Å². The molecule has 2 N–H and O–H groups in total. The zero-order chi connectivity index (χ0) is 19.8. The lowest BCUT2D eigenvalue weighted by atomic mass is 9.98. The van der Waals surface area contributed by atoms with Gasteiger partial charge in [-0.2, -0.15) is 0 Å². The van der Waals surface area contributed by atoms with Gasteiger partial charge in [-0.05, 0) is 64.4 Å². The van der Waals surface area contributed by atoms with Crippen molar-refractivity contribution in [1.82, 2.24) is 15.5 Å². The molecule has 5 nitrogen and oxygen atoms in total. The Balaban J connectivity index is 0.00000300. The summed E-state index contributed by atoms with van der Waals surface area (Å²) in [6.07, 6.45) is 8.46. The summed E-state index contributed by atoms with van der Waals surface area (Å²) in [6, 6.07) is 8.75. The van der Waals surface area contributed by atoms with Gasteiger partial charge < -0.3 is 15.5 Å². The summed E-state index contributed by atoms with van der Waals surface area (Å²) in [5.74, 6) is 0.904. The molecule has 1 fully saturated rings. The highest BCUT2D eigenvalue weighted by molar-refractivity contribution is 14.0. The summed E-state index contributed by atoms with van der Waals surface area (Å²) in [6.45, 7) is 13.7. The zero-order valence-corrected chi connectivity index (χ0v) is 20.6. The second-order valence-electron chi connectivity index (χ2n) is 8.46. The molecule has 6 heteroatoms. The van der Waals surface area contributed by atoms with Gasteiger partial charge in [-0.25, -0.2) is 4.99 Å². The number of aliphatic imine (C=N–C) groups is 1. The maximum absolute atomic E-state index is 4.84. The van der Waals surface area contributed by atoms with Gasteiger partial charge in [0, 0.05) is 37.4 Å². The number of halogens is 1. The fourth-order valence-electron chi connectivity index (χ4n) is 3.96. The average Bonchev–Trinajstić information content (AvgIpc) is 3.26. The van der Waals surface area contributed by atoms with Gasteiger partial charge in [0.15, 0.2) is 5.96 Å². The molecule has 0 atom stereocenters. The molecule has 0 unspecified atom stereocenters. The first-order valence-electron chi connectivity index (χ1n) is 10.8. The van der Waals surface area contributed by atoms with Gasteiger partial charge in [-0.3, -0.25) is 4.90 Å². The highest BCUT2D eigenvalue weighted by atomic mass is 127. The molecule has 2 aliphatic heterocycles. The van der Waals surface area contributed by atoms with Gasteiger partial charge in [0.25, 0.3) is 0 Å². The quantitative estimate of drug-likeness (QED) is 0.252. The maximum atomic E-state index is 4.84. The number of rotatable bonds is 7. The summed E-state index contributed by atoms with van der Waals surface area (Å²) < 4.78 is 0. The van der Waals surface area contributed by atoms with Gasteiger partial charge in [0.05, 0.1) is 6.54 Å². The summed E-state index contributed by atoms with van der Waals surface area (Å²) in [5, 5.41) is 6.97. The molecule has 2 heterocycles. The van der Waals surface area contributed by atoms with Crippen LogP contribution < -0.4 is 15.5 Å². The van der Waals surface area contributed by atoms with Gasteiger partial charge in [0.1, 0.15) is 0 Å². The molecule has 1 saturated heterocycles. The van der Waals surface area contributed by atoms with E-state index in [1.165, 1.54) is 43.6 Å². The molecule has 0 aromatic heterocycles. The van der Waals surface area contributed by atoms with Crippen molar-refractivity contribution in [3.05, 3.63) is 42.0 Å². The third kappa shape index (κ3) is 7.17. The van der Waals surface area contributed by atoms with Crippen molar-refractivity contribution in [2.45, 2.75) is 52.1 Å². The van der Waals surface area contributed by atoms with Crippen molar-refractivity contribution in [2.24, 2.45) is 4.99 Å². The molecular weight excluding hydrogens is 473 g/mol. The third-order valence-corrected chi connectivity index (χ3v) is 5.76. The second-order valence-corrected chi connectivity index (χ2v) is 8.46. The van der Waals surface area contributed by atoms with E-state index in [1.807, 2.05) is 0 Å². The summed E-state index contributed by atoms with van der Waals surface area (Å²) in [5.41, 5.74) is 2.66. The standard InChI is InChI=1S/C23H37N5.HI/c1-4-24-22(26-19-23(2,3)28-15-6-5-7-16-28)25-18-20-11-10-12-21(17-20)27-13-8-9-14-27;/h8-12,17H,4-7,13-16,18-19H2,1-3H3,(H2,24,25,26);1H. The van der Waals surface area contributed by atoms with E-state index in [-0.39, 0.29) is 29.5 Å². The van der Waals surface area contributed by atoms with Crippen LogP contribution in [0.2, 0.25) is 0 Å². The van der Waals surface area contributed by atoms with Crippen LogP contribution in [-0.4, -0.2) is 55.7 Å². The first kappa shape index (κ1) is 24.0. The van der Waals surface area contributed by atoms with Gasteiger partial charge in [-0.15, -0.1) is 24.0 Å². The van der Waals surface area contributed by atoms with E-state index in [9.17, 15) is 0 Å². The van der Waals surface area contributed by atoms with E-state index in [0.717, 1.165) is 32.1 Å². The molecule has 0 amide bonds. The minimum Gasteiger partial charge on any atom is -0.364 e. The third-order valence-electron chi connectivity index (χ3n) is 5.76. The van der Waals surface area contributed by atoms with Crippen LogP contribution in [-0.2, 0) is 6.54 Å². The van der Waals surface area contributed by atoms with Gasteiger partial charge in [0.2, 0.25) is 0 Å². The average molecular weight is 511 g/mol. The number of piperidine rings is 1. The number of likely N-dealkylation sites (tertiary alicyclic amines) is 1. The van der Waals surface area contributed by atoms with E-state index < -0.39 is 0 Å². The lowest BCUT2D eigenvalue weighted by Crippen LogP contribution is -2.54. The van der Waals surface area contributed by atoms with Crippen molar-refractivity contribution in [3.8, 4) is 0 Å². The largest absolute Gasteiger partial charge is 0.364 e. The first-order chi connectivity index (χ1) is 13.6. The number of nitrogens with one attached hydrogen (secondary N) is 2. The molecule has 0 saturated carbocycles. The molecule has 2 aliphatic rings. The van der Waals surface area contributed by atoms with E-state index in [2.05, 4.69) is 77.6 Å². The van der Waals surface area contributed by atoms with Crippen molar-refractivity contribution in [2.75, 3.05) is 44.2 Å². The van der Waals surface area contributed by atoms with E-state index in [1.54, 1.807) is 0 Å². The summed E-state index contributed by atoms with van der Waals surface area (Å²) in [7, 11) is 0. The molecule has 29 heavy (non-hydrogen) atoms. The number of hydrogen-bond acceptors (Lipinski definition) is 3. The van der Waals surface area contributed by atoms with Crippen LogP contribution in [0.3, 0.4) is 0 Å². The molecule has 1 aromatic rings. The van der Waals surface area contributed by atoms with E-state index in [0.29, 0.717) is 6.54 Å². The smallest absolute Gasteiger partial charge is 0.191 e. The molecule has 0 bridgehead atoms. The lowest BCUT2D eigenvalue weighted by molar-refractivity contribution is 0.0982. The van der Waals surface area contributed by atoms with Crippen molar-refractivity contribution in [3.63, 3.8) is 0 Å². The van der Waals surface area contributed by atoms with Crippen LogP contribution in [0.25, 0.3) is 0 Å². The lowest BCUT2D eigenvalue weighted by Gasteiger charge is -2.41. The fourth-order valence-corrected chi connectivity index (χ4v) is 3.96. The summed E-state index contributed by atoms with van der Waals surface area (Å²) >= 11 is 0. The molecule has 1 aromatic carbocycles. The van der Waals surface area contributed by atoms with Crippen molar-refractivity contribution in [1.29, 1.82) is 0 Å². The molecular formula is C23H38IN5. The van der Waals surface area contributed by atoms with Gasteiger partial charge in [-0.1, -0.05) is 30.7 Å². The minimum absolute atomic E-state index is 0. The molecule has 0 radical (unpaired) electrons. The van der Waals surface area contributed by atoms with Gasteiger partial charge >= 0.3 is 0 Å². The van der Waals surface area contributed by atoms with Crippen LogP contribution in [0.4, 0.5) is 5.69 Å². The minimum atomic E-state index is 0. The maximum Gasteiger partial charge on any atom is 0.191 e. The Morgan fingerprint density at radius 2 is 1.79 bits per heavy atom. The van der Waals surface area contributed by atoms with Crippen LogP contribution in [0.5, 0.6) is 0 Å². The summed E-state index contributed by atoms with van der Waals surface area (Å²) in [4.78, 5) is 9.83. The second kappa shape index (κ2) is 11.8. The number of hydrogen-bond donors (Lipinski definition) is 2. The first-order valence-corrected chi connectivity index (χ1v) is 10.8. The van der Waals surface area contributed by atoms with Crippen molar-refractivity contribution < 1.29 is 0 Å². The molecule has 0 spiro atoms. The Kier molecular flexibility index (Phi) is 9.75. The number of nitrogens with zero attached hydrogens (tertiary/aromatic N) is 3. The molecule has 162 valence electrons. The Bertz CT molecular complexity index is 672. The molecule has 3 rings (SSSR count). The Hall–Kier alpha value is -1.28. The van der Waals surface area contributed by atoms with Crippen LogP contribution in [0, 0.1) is 0 Å². The highest BCUT2D eigenvalue weighted by Crippen LogP contribution is 2.20. The SMILES string of the molecule is CCNC(=NCc1cccc(N2CC=CC2)c1)NCC(C)(C)N1CCCCC1.I. The Labute approximate surface area is 194 Å². The fraction of sp³-hybridized carbons (Fsp3) is 0.609. The van der Waals surface area contributed by atoms with Crippen molar-refractivity contribution >= 4 is 35.6 Å². The predicted molar refractivity (Wildman–Crippen MR) is 136 cm³/mol. The highest BCUT2D eigenvalue weighted by Gasteiger charge is 2.27. The normalized spacial score (nSPS) is 17.9. The molecule has 0 aliphatic carbocycles. The van der Waals surface area contributed by atoms with Crippen LogP contribution in [0.1, 0.15) is 45.6 Å². The number of anilines is 1. The number of benzene rings is 1. The monoisotopic (exact) mass is 511 g/mol. The van der Waals surface area contributed by atoms with E-state index >= 15 is 0 Å². The Morgan fingerprint density at radius 1 is 1.07 bits per heavy atom. The van der Waals surface area contributed by atoms with E-state index in [4.69, 9.17) is 4.99 Å². The van der Waals surface area contributed by atoms with Crippen LogP contribution >= 0.6 is 24.0 Å². The number of guanidine groups is 1.